The summed E-state index contributed by atoms with van der Waals surface area (Å²) in [5.74, 6) is 0. The average molecular weight is 237 g/mol. The van der Waals surface area contributed by atoms with E-state index in [0.29, 0.717) is 0 Å². The minimum atomic E-state index is -0.636. The number of hydrogen-bond acceptors (Lipinski definition) is 3. The predicted molar refractivity (Wildman–Crippen MR) is 69.9 cm³/mol. The number of benzene rings is 1. The Bertz CT molecular complexity index is 331. The summed E-state index contributed by atoms with van der Waals surface area (Å²) in [5, 5.41) is 21.7. The fraction of sp³-hybridized carbons (Fsp3) is 0.571. The molecular weight excluding hydrogens is 214 g/mol. The summed E-state index contributed by atoms with van der Waals surface area (Å²) in [7, 11) is 0. The molecule has 0 aliphatic heterocycles. The molecule has 17 heavy (non-hydrogen) atoms. The van der Waals surface area contributed by atoms with Crippen molar-refractivity contribution in [2.24, 2.45) is 0 Å². The van der Waals surface area contributed by atoms with Crippen molar-refractivity contribution in [3.8, 4) is 0 Å². The largest absolute Gasteiger partial charge is 0.394 e. The second-order valence-corrected chi connectivity index (χ2v) is 4.84. The van der Waals surface area contributed by atoms with Gasteiger partial charge in [-0.2, -0.15) is 0 Å². The van der Waals surface area contributed by atoms with Gasteiger partial charge in [-0.25, -0.2) is 0 Å². The molecule has 0 aliphatic rings. The Kier molecular flexibility index (Phi) is 5.12. The van der Waals surface area contributed by atoms with Gasteiger partial charge in [0.1, 0.15) is 0 Å². The van der Waals surface area contributed by atoms with Crippen LogP contribution >= 0.6 is 0 Å². The number of aliphatic hydroxyl groups excluding tert-OH is 2. The van der Waals surface area contributed by atoms with E-state index in [0.717, 1.165) is 12.0 Å². The Hall–Kier alpha value is -0.900. The van der Waals surface area contributed by atoms with Crippen LogP contribution in [-0.4, -0.2) is 29.0 Å². The molecule has 1 rings (SSSR count). The summed E-state index contributed by atoms with van der Waals surface area (Å²) >= 11 is 0. The maximum absolute atomic E-state index is 9.24. The molecule has 0 saturated carbocycles. The molecule has 0 radical (unpaired) electrons. The molecule has 1 aromatic carbocycles. The molecule has 3 nitrogen and oxygen atoms in total. The van der Waals surface area contributed by atoms with Crippen LogP contribution in [0.2, 0.25) is 0 Å². The van der Waals surface area contributed by atoms with Gasteiger partial charge >= 0.3 is 0 Å². The molecule has 1 unspecified atom stereocenters. The predicted octanol–water partition coefficient (Wildman–Crippen LogP) is 1.64. The first-order valence-corrected chi connectivity index (χ1v) is 6.13. The molecule has 1 atom stereocenters. The van der Waals surface area contributed by atoms with Crippen molar-refractivity contribution < 1.29 is 10.2 Å². The van der Waals surface area contributed by atoms with Gasteiger partial charge in [-0.1, -0.05) is 31.2 Å². The monoisotopic (exact) mass is 237 g/mol. The Labute approximate surface area is 103 Å². The molecule has 0 fully saturated rings. The number of rotatable bonds is 6. The van der Waals surface area contributed by atoms with Crippen molar-refractivity contribution in [2.75, 3.05) is 13.2 Å². The van der Waals surface area contributed by atoms with Crippen molar-refractivity contribution in [2.45, 2.75) is 38.8 Å². The molecule has 0 amide bonds. The quantitative estimate of drug-likeness (QED) is 0.705. The van der Waals surface area contributed by atoms with Crippen molar-refractivity contribution in [1.82, 2.24) is 5.32 Å². The molecule has 3 heteroatoms. The van der Waals surface area contributed by atoms with Crippen LogP contribution in [0.1, 0.15) is 37.9 Å². The molecule has 0 saturated heterocycles. The fourth-order valence-electron chi connectivity index (χ4n) is 1.79. The van der Waals surface area contributed by atoms with Crippen LogP contribution < -0.4 is 5.32 Å². The summed E-state index contributed by atoms with van der Waals surface area (Å²) in [5.41, 5.74) is 1.84. The zero-order chi connectivity index (χ0) is 12.9. The lowest BCUT2D eigenvalue weighted by Gasteiger charge is -2.30. The number of nitrogens with one attached hydrogen (secondary N) is 1. The Morgan fingerprint density at radius 2 is 1.71 bits per heavy atom. The summed E-state index contributed by atoms with van der Waals surface area (Å²) in [4.78, 5) is 0. The van der Waals surface area contributed by atoms with Crippen molar-refractivity contribution in [3.05, 3.63) is 35.4 Å². The van der Waals surface area contributed by atoms with Gasteiger partial charge in [0.15, 0.2) is 0 Å². The Balaban J connectivity index is 2.71. The van der Waals surface area contributed by atoms with Gasteiger partial charge < -0.3 is 15.5 Å². The van der Waals surface area contributed by atoms with Crippen LogP contribution in [0.3, 0.4) is 0 Å². The minimum absolute atomic E-state index is 0.0825. The highest BCUT2D eigenvalue weighted by Crippen LogP contribution is 2.17. The summed E-state index contributed by atoms with van der Waals surface area (Å²) in [6.45, 7) is 5.81. The van der Waals surface area contributed by atoms with Gasteiger partial charge in [-0.3, -0.25) is 0 Å². The van der Waals surface area contributed by atoms with E-state index in [-0.39, 0.29) is 19.3 Å². The first kappa shape index (κ1) is 14.2. The molecule has 0 spiro atoms. The van der Waals surface area contributed by atoms with Crippen LogP contribution in [0, 0.1) is 0 Å². The van der Waals surface area contributed by atoms with E-state index in [9.17, 15) is 10.2 Å². The minimum Gasteiger partial charge on any atom is -0.394 e. The normalized spacial score (nSPS) is 13.7. The maximum atomic E-state index is 9.24. The molecule has 1 aromatic rings. The first-order valence-electron chi connectivity index (χ1n) is 6.13. The first-order chi connectivity index (χ1) is 8.04. The Morgan fingerprint density at radius 3 is 2.12 bits per heavy atom. The number of aryl methyl sites for hydroxylation is 1. The van der Waals surface area contributed by atoms with E-state index >= 15 is 0 Å². The molecule has 0 heterocycles. The zero-order valence-electron chi connectivity index (χ0n) is 10.9. The van der Waals surface area contributed by atoms with E-state index < -0.39 is 5.54 Å². The van der Waals surface area contributed by atoms with Crippen LogP contribution in [-0.2, 0) is 6.42 Å². The van der Waals surface area contributed by atoms with Crippen LogP contribution in [0.25, 0.3) is 0 Å². The topological polar surface area (TPSA) is 52.5 Å². The lowest BCUT2D eigenvalue weighted by atomic mass is 9.99. The summed E-state index contributed by atoms with van der Waals surface area (Å²) < 4.78 is 0. The van der Waals surface area contributed by atoms with Crippen LogP contribution in [0.5, 0.6) is 0 Å². The van der Waals surface area contributed by atoms with E-state index in [1.54, 1.807) is 0 Å². The number of hydrogen-bond donors (Lipinski definition) is 3. The molecule has 96 valence electrons. The zero-order valence-corrected chi connectivity index (χ0v) is 10.9. The van der Waals surface area contributed by atoms with Gasteiger partial charge in [0, 0.05) is 6.04 Å². The third-order valence-electron chi connectivity index (χ3n) is 3.15. The van der Waals surface area contributed by atoms with Crippen molar-refractivity contribution in [3.63, 3.8) is 0 Å². The maximum Gasteiger partial charge on any atom is 0.0633 e. The second-order valence-electron chi connectivity index (χ2n) is 4.84. The summed E-state index contributed by atoms with van der Waals surface area (Å²) in [6.07, 6.45) is 1.03. The van der Waals surface area contributed by atoms with Gasteiger partial charge in [0.25, 0.3) is 0 Å². The third-order valence-corrected chi connectivity index (χ3v) is 3.15. The van der Waals surface area contributed by atoms with E-state index in [2.05, 4.69) is 36.5 Å². The highest BCUT2D eigenvalue weighted by Gasteiger charge is 2.24. The van der Waals surface area contributed by atoms with Gasteiger partial charge in [0.2, 0.25) is 0 Å². The molecule has 3 N–H and O–H groups in total. The third kappa shape index (κ3) is 3.80. The highest BCUT2D eigenvalue weighted by molar-refractivity contribution is 5.25. The average Bonchev–Trinajstić information content (AvgIpc) is 2.38. The molecular formula is C14H23NO2. The van der Waals surface area contributed by atoms with Gasteiger partial charge in [0.05, 0.1) is 18.8 Å². The van der Waals surface area contributed by atoms with Crippen LogP contribution in [0.15, 0.2) is 24.3 Å². The second kappa shape index (κ2) is 6.15. The fourth-order valence-corrected chi connectivity index (χ4v) is 1.79. The molecule has 0 aromatic heterocycles. The number of aliphatic hydroxyl groups is 2. The highest BCUT2D eigenvalue weighted by atomic mass is 16.3. The van der Waals surface area contributed by atoms with E-state index in [4.69, 9.17) is 0 Å². The lowest BCUT2D eigenvalue weighted by Crippen LogP contribution is -2.49. The van der Waals surface area contributed by atoms with Crippen LogP contribution in [0.4, 0.5) is 0 Å². The van der Waals surface area contributed by atoms with Gasteiger partial charge in [-0.15, -0.1) is 0 Å². The standard InChI is InChI=1S/C14H23NO2/c1-4-12-5-7-13(8-6-12)11(2)15-14(3,9-16)10-17/h5-8,11,15-17H,4,9-10H2,1-3H3. The smallest absolute Gasteiger partial charge is 0.0633 e. The van der Waals surface area contributed by atoms with Crippen molar-refractivity contribution >= 4 is 0 Å². The van der Waals surface area contributed by atoms with Gasteiger partial charge in [-0.05, 0) is 31.4 Å². The lowest BCUT2D eigenvalue weighted by molar-refractivity contribution is 0.0957. The summed E-state index contributed by atoms with van der Waals surface area (Å²) in [6, 6.07) is 8.51. The van der Waals surface area contributed by atoms with E-state index in [1.165, 1.54) is 5.56 Å². The SMILES string of the molecule is CCc1ccc(C(C)NC(C)(CO)CO)cc1. The Morgan fingerprint density at radius 1 is 1.18 bits per heavy atom. The van der Waals surface area contributed by atoms with E-state index in [1.807, 2.05) is 13.8 Å². The molecule has 0 aliphatic carbocycles. The van der Waals surface area contributed by atoms with Crippen molar-refractivity contribution in [1.29, 1.82) is 0 Å². The molecule has 0 bridgehead atoms.